The second kappa shape index (κ2) is 8.53. The number of benzene rings is 1. The summed E-state index contributed by atoms with van der Waals surface area (Å²) >= 11 is 1.81. The molecule has 5 nitrogen and oxygen atoms in total. The molecule has 130 valence electrons. The number of hydrogen-bond acceptors (Lipinski definition) is 4. The number of thioether (sulfide) groups is 1. The van der Waals surface area contributed by atoms with Gasteiger partial charge in [0.15, 0.2) is 0 Å². The molecule has 1 aromatic carbocycles. The number of amides is 2. The largest absolute Gasteiger partial charge is 0.356 e. The highest BCUT2D eigenvalue weighted by Gasteiger charge is 2.33. The fraction of sp³-hybridized carbons (Fsp3) is 0.556. The molecule has 2 aliphatic rings. The number of carbonyl (C=O) groups is 2. The second-order valence-electron chi connectivity index (χ2n) is 6.49. The molecular weight excluding hydrogens is 322 g/mol. The van der Waals surface area contributed by atoms with Crippen LogP contribution in [0.2, 0.25) is 0 Å². The van der Waals surface area contributed by atoms with Crippen molar-refractivity contribution in [2.24, 2.45) is 5.92 Å². The number of nitrogens with zero attached hydrogens (tertiary/aromatic N) is 1. The van der Waals surface area contributed by atoms with E-state index in [0.717, 1.165) is 37.6 Å². The molecule has 2 aliphatic heterocycles. The summed E-state index contributed by atoms with van der Waals surface area (Å²) < 4.78 is 0. The average Bonchev–Trinajstić information content (AvgIpc) is 3.30. The summed E-state index contributed by atoms with van der Waals surface area (Å²) in [5, 5.41) is 6.33. The summed E-state index contributed by atoms with van der Waals surface area (Å²) in [5.74, 6) is 2.51. The van der Waals surface area contributed by atoms with Crippen molar-refractivity contribution in [3.8, 4) is 0 Å². The van der Waals surface area contributed by atoms with Crippen molar-refractivity contribution in [2.75, 3.05) is 31.3 Å². The Bertz CT molecular complexity index is 561. The maximum Gasteiger partial charge on any atom is 0.240 e. The quantitative estimate of drug-likeness (QED) is 0.813. The lowest BCUT2D eigenvalue weighted by molar-refractivity contribution is -0.131. The van der Waals surface area contributed by atoms with Gasteiger partial charge in [-0.15, -0.1) is 11.8 Å². The Balaban J connectivity index is 1.35. The Hall–Kier alpha value is -1.53. The van der Waals surface area contributed by atoms with Crippen molar-refractivity contribution < 1.29 is 9.59 Å². The highest BCUT2D eigenvalue weighted by atomic mass is 32.2. The molecular formula is C18H25N3O2S. The van der Waals surface area contributed by atoms with Crippen LogP contribution in [0.1, 0.15) is 18.4 Å². The molecule has 0 aliphatic carbocycles. The molecule has 0 aromatic heterocycles. The number of carbonyl (C=O) groups excluding carboxylic acids is 2. The van der Waals surface area contributed by atoms with E-state index < -0.39 is 0 Å². The second-order valence-corrected chi connectivity index (χ2v) is 7.57. The number of aryl methyl sites for hydroxylation is 1. The van der Waals surface area contributed by atoms with Crippen LogP contribution in [-0.2, 0) is 16.0 Å². The van der Waals surface area contributed by atoms with Crippen molar-refractivity contribution in [2.45, 2.75) is 25.3 Å². The number of hydrogen-bond donors (Lipinski definition) is 2. The predicted molar refractivity (Wildman–Crippen MR) is 96.7 cm³/mol. The van der Waals surface area contributed by atoms with Gasteiger partial charge in [-0.25, -0.2) is 0 Å². The van der Waals surface area contributed by atoms with Crippen molar-refractivity contribution in [1.29, 1.82) is 0 Å². The lowest BCUT2D eigenvalue weighted by atomic mass is 10.0. The molecule has 0 radical (unpaired) electrons. The lowest BCUT2D eigenvalue weighted by Gasteiger charge is -2.19. The molecule has 3 rings (SSSR count). The summed E-state index contributed by atoms with van der Waals surface area (Å²) in [6.45, 7) is 2.32. The summed E-state index contributed by atoms with van der Waals surface area (Å²) in [6.07, 6.45) is 2.10. The molecule has 2 heterocycles. The Morgan fingerprint density at radius 1 is 1.29 bits per heavy atom. The van der Waals surface area contributed by atoms with Crippen molar-refractivity contribution >= 4 is 23.6 Å². The monoisotopic (exact) mass is 347 g/mol. The van der Waals surface area contributed by atoms with Crippen LogP contribution in [0.25, 0.3) is 0 Å². The smallest absolute Gasteiger partial charge is 0.240 e. The lowest BCUT2D eigenvalue weighted by Crippen LogP contribution is -2.42. The minimum Gasteiger partial charge on any atom is -0.356 e. The number of rotatable bonds is 6. The first-order valence-corrected chi connectivity index (χ1v) is 9.78. The van der Waals surface area contributed by atoms with Gasteiger partial charge in [-0.2, -0.15) is 0 Å². The first-order valence-electron chi connectivity index (χ1n) is 8.63. The van der Waals surface area contributed by atoms with Gasteiger partial charge < -0.3 is 15.5 Å². The van der Waals surface area contributed by atoms with Gasteiger partial charge in [0.2, 0.25) is 11.8 Å². The maximum atomic E-state index is 12.4. The van der Waals surface area contributed by atoms with E-state index in [9.17, 15) is 9.59 Å². The Labute approximate surface area is 147 Å². The van der Waals surface area contributed by atoms with E-state index in [2.05, 4.69) is 10.6 Å². The molecule has 2 amide bonds. The fourth-order valence-corrected chi connectivity index (χ4v) is 4.17. The standard InChI is InChI=1S/C18H25N3O2S/c22-17(7-6-14-4-2-1-3-5-14)20-12-15-10-16(19-11-15)18(23)21-8-9-24-13-21/h1-5,15-16,19H,6-13H2,(H,20,22). The van der Waals surface area contributed by atoms with Crippen molar-refractivity contribution in [3.05, 3.63) is 35.9 Å². The van der Waals surface area contributed by atoms with E-state index in [-0.39, 0.29) is 17.9 Å². The molecule has 2 saturated heterocycles. The van der Waals surface area contributed by atoms with E-state index in [1.807, 2.05) is 47.0 Å². The molecule has 2 unspecified atom stereocenters. The van der Waals surface area contributed by atoms with Gasteiger partial charge in [-0.1, -0.05) is 30.3 Å². The molecule has 2 fully saturated rings. The minimum absolute atomic E-state index is 0.0741. The van der Waals surface area contributed by atoms with Crippen LogP contribution in [0, 0.1) is 5.92 Å². The first kappa shape index (κ1) is 17.3. The van der Waals surface area contributed by atoms with Gasteiger partial charge in [0.1, 0.15) is 0 Å². The molecule has 0 saturated carbocycles. The molecule has 2 N–H and O–H groups in total. The van der Waals surface area contributed by atoms with Gasteiger partial charge in [0.05, 0.1) is 11.9 Å². The van der Waals surface area contributed by atoms with E-state index in [4.69, 9.17) is 0 Å². The molecule has 0 spiro atoms. The summed E-state index contributed by atoms with van der Waals surface area (Å²) in [5.41, 5.74) is 1.18. The third-order valence-corrected chi connectivity index (χ3v) is 5.62. The van der Waals surface area contributed by atoms with Gasteiger partial charge in [0.25, 0.3) is 0 Å². The third kappa shape index (κ3) is 4.74. The average molecular weight is 347 g/mol. The molecule has 2 atom stereocenters. The maximum absolute atomic E-state index is 12.4. The molecule has 24 heavy (non-hydrogen) atoms. The Morgan fingerprint density at radius 3 is 2.88 bits per heavy atom. The zero-order valence-corrected chi connectivity index (χ0v) is 14.7. The summed E-state index contributed by atoms with van der Waals surface area (Å²) in [6, 6.07) is 9.98. The predicted octanol–water partition coefficient (Wildman–Crippen LogP) is 1.25. The minimum atomic E-state index is -0.0741. The highest BCUT2D eigenvalue weighted by Crippen LogP contribution is 2.19. The molecule has 6 heteroatoms. The topological polar surface area (TPSA) is 61.4 Å². The molecule has 0 bridgehead atoms. The fourth-order valence-electron chi connectivity index (χ4n) is 3.21. The van der Waals surface area contributed by atoms with Gasteiger partial charge >= 0.3 is 0 Å². The Kier molecular flexibility index (Phi) is 6.15. The summed E-state index contributed by atoms with van der Waals surface area (Å²) in [7, 11) is 0. The Morgan fingerprint density at radius 2 is 2.12 bits per heavy atom. The zero-order valence-electron chi connectivity index (χ0n) is 13.9. The van der Waals surface area contributed by atoms with E-state index in [1.165, 1.54) is 5.56 Å². The van der Waals surface area contributed by atoms with Gasteiger partial charge in [-0.3, -0.25) is 9.59 Å². The van der Waals surface area contributed by atoms with E-state index in [0.29, 0.717) is 18.9 Å². The van der Waals surface area contributed by atoms with Gasteiger partial charge in [0, 0.05) is 31.8 Å². The van der Waals surface area contributed by atoms with E-state index in [1.54, 1.807) is 0 Å². The zero-order chi connectivity index (χ0) is 16.8. The van der Waals surface area contributed by atoms with Crippen molar-refractivity contribution in [3.63, 3.8) is 0 Å². The highest BCUT2D eigenvalue weighted by molar-refractivity contribution is 7.99. The van der Waals surface area contributed by atoms with Crippen LogP contribution < -0.4 is 10.6 Å². The van der Waals surface area contributed by atoms with Crippen LogP contribution in [0.15, 0.2) is 30.3 Å². The van der Waals surface area contributed by atoms with E-state index >= 15 is 0 Å². The van der Waals surface area contributed by atoms with Gasteiger partial charge in [-0.05, 0) is 24.3 Å². The first-order chi connectivity index (χ1) is 11.7. The normalized spacial score (nSPS) is 23.4. The van der Waals surface area contributed by atoms with Crippen LogP contribution in [0.3, 0.4) is 0 Å². The van der Waals surface area contributed by atoms with Crippen LogP contribution in [0.4, 0.5) is 0 Å². The SMILES string of the molecule is O=C(CCc1ccccc1)NCC1CNC(C(=O)N2CCSC2)C1. The van der Waals surface area contributed by atoms with Crippen LogP contribution in [-0.4, -0.2) is 54.0 Å². The van der Waals surface area contributed by atoms with Crippen molar-refractivity contribution in [1.82, 2.24) is 15.5 Å². The number of nitrogens with one attached hydrogen (secondary N) is 2. The van der Waals surface area contributed by atoms with Crippen LogP contribution >= 0.6 is 11.8 Å². The molecule has 1 aromatic rings. The third-order valence-electron chi connectivity index (χ3n) is 4.66. The van der Waals surface area contributed by atoms with Crippen LogP contribution in [0.5, 0.6) is 0 Å². The summed E-state index contributed by atoms with van der Waals surface area (Å²) in [4.78, 5) is 26.3.